The first-order valence-electron chi connectivity index (χ1n) is 8.64. The summed E-state index contributed by atoms with van der Waals surface area (Å²) < 4.78 is 24.0. The first kappa shape index (κ1) is 18.2. The van der Waals surface area contributed by atoms with Crippen LogP contribution in [0.3, 0.4) is 0 Å². The fraction of sp³-hybridized carbons (Fsp3) is 0.350. The summed E-state index contributed by atoms with van der Waals surface area (Å²) in [6.45, 7) is 3.97. The second-order valence-corrected chi connectivity index (χ2v) is 6.41. The molecule has 1 atom stereocenters. The minimum Gasteiger partial charge on any atom is -0.486 e. The van der Waals surface area contributed by atoms with Crippen LogP contribution in [0.1, 0.15) is 18.1 Å². The molecule has 0 unspecified atom stereocenters. The number of amides is 1. The highest BCUT2D eigenvalue weighted by Crippen LogP contribution is 2.31. The van der Waals surface area contributed by atoms with E-state index in [1.165, 1.54) is 12.1 Å². The summed E-state index contributed by atoms with van der Waals surface area (Å²) >= 11 is 0. The van der Waals surface area contributed by atoms with Gasteiger partial charge in [0, 0.05) is 13.1 Å². The molecule has 0 aromatic heterocycles. The van der Waals surface area contributed by atoms with Crippen molar-refractivity contribution in [3.63, 3.8) is 0 Å². The number of nitrogens with zero attached hydrogens (tertiary/aromatic N) is 1. The summed E-state index contributed by atoms with van der Waals surface area (Å²) in [5.41, 5.74) is 1.91. The second-order valence-electron chi connectivity index (χ2n) is 6.41. The normalized spacial score (nSPS) is 14.2. The predicted octanol–water partition coefficient (Wildman–Crippen LogP) is 2.73. The zero-order valence-electron chi connectivity index (χ0n) is 15.0. The fourth-order valence-corrected chi connectivity index (χ4v) is 2.75. The number of carbonyl (C=O) groups is 1. The fourth-order valence-electron chi connectivity index (χ4n) is 2.75. The standard InChI is InChI=1S/C20H23FN2O3/c1-14(20(24)22-12-15-3-6-17(21)7-4-15)23(2)13-16-5-8-18-19(11-16)26-10-9-25-18/h3-8,11,14H,9-10,12-13H2,1-2H3,(H,22,24)/t14-/m0/s1. The van der Waals surface area contributed by atoms with Crippen LogP contribution in [-0.2, 0) is 17.9 Å². The molecule has 1 aliphatic rings. The number of hydrogen-bond donors (Lipinski definition) is 1. The van der Waals surface area contributed by atoms with Crippen LogP contribution in [0.15, 0.2) is 42.5 Å². The number of rotatable bonds is 6. The third-order valence-electron chi connectivity index (χ3n) is 4.46. The van der Waals surface area contributed by atoms with Gasteiger partial charge in [0.25, 0.3) is 0 Å². The molecule has 1 heterocycles. The van der Waals surface area contributed by atoms with E-state index in [9.17, 15) is 9.18 Å². The lowest BCUT2D eigenvalue weighted by atomic mass is 10.1. The molecule has 1 amide bonds. The van der Waals surface area contributed by atoms with Gasteiger partial charge in [-0.2, -0.15) is 0 Å². The van der Waals surface area contributed by atoms with Crippen LogP contribution in [0.25, 0.3) is 0 Å². The number of hydrogen-bond acceptors (Lipinski definition) is 4. The van der Waals surface area contributed by atoms with E-state index >= 15 is 0 Å². The van der Waals surface area contributed by atoms with E-state index in [-0.39, 0.29) is 17.8 Å². The summed E-state index contributed by atoms with van der Waals surface area (Å²) in [7, 11) is 1.90. The summed E-state index contributed by atoms with van der Waals surface area (Å²) in [5, 5.41) is 2.89. The maximum Gasteiger partial charge on any atom is 0.237 e. The van der Waals surface area contributed by atoms with Gasteiger partial charge < -0.3 is 14.8 Å². The highest BCUT2D eigenvalue weighted by atomic mass is 19.1. The second kappa shape index (κ2) is 8.19. The molecule has 138 valence electrons. The molecule has 6 heteroatoms. The Hall–Kier alpha value is -2.60. The predicted molar refractivity (Wildman–Crippen MR) is 96.6 cm³/mol. The van der Waals surface area contributed by atoms with Crippen LogP contribution in [0.5, 0.6) is 11.5 Å². The van der Waals surface area contributed by atoms with E-state index in [1.54, 1.807) is 12.1 Å². The van der Waals surface area contributed by atoms with Crippen molar-refractivity contribution >= 4 is 5.91 Å². The average Bonchev–Trinajstić information content (AvgIpc) is 2.66. The molecule has 0 saturated heterocycles. The molecule has 0 saturated carbocycles. The Morgan fingerprint density at radius 3 is 2.50 bits per heavy atom. The maximum absolute atomic E-state index is 12.9. The molecule has 0 spiro atoms. The van der Waals surface area contributed by atoms with Crippen molar-refractivity contribution in [2.75, 3.05) is 20.3 Å². The molecule has 1 aliphatic heterocycles. The van der Waals surface area contributed by atoms with Crippen LogP contribution in [0.2, 0.25) is 0 Å². The zero-order chi connectivity index (χ0) is 18.5. The highest BCUT2D eigenvalue weighted by Gasteiger charge is 2.19. The minimum absolute atomic E-state index is 0.0747. The third-order valence-corrected chi connectivity index (χ3v) is 4.46. The van der Waals surface area contributed by atoms with Gasteiger partial charge in [-0.15, -0.1) is 0 Å². The summed E-state index contributed by atoms with van der Waals surface area (Å²) in [6.07, 6.45) is 0. The molecule has 0 radical (unpaired) electrons. The zero-order valence-corrected chi connectivity index (χ0v) is 15.0. The number of carbonyl (C=O) groups excluding carboxylic acids is 1. The largest absolute Gasteiger partial charge is 0.486 e. The van der Waals surface area contributed by atoms with E-state index in [0.717, 1.165) is 22.6 Å². The lowest BCUT2D eigenvalue weighted by molar-refractivity contribution is -0.125. The van der Waals surface area contributed by atoms with Gasteiger partial charge in [0.2, 0.25) is 5.91 Å². The van der Waals surface area contributed by atoms with Gasteiger partial charge in [0.05, 0.1) is 6.04 Å². The van der Waals surface area contributed by atoms with E-state index in [1.807, 2.05) is 37.1 Å². The van der Waals surface area contributed by atoms with Crippen molar-refractivity contribution in [1.29, 1.82) is 0 Å². The number of ether oxygens (including phenoxy) is 2. The van der Waals surface area contributed by atoms with Crippen molar-refractivity contribution in [1.82, 2.24) is 10.2 Å². The number of halogens is 1. The van der Waals surface area contributed by atoms with Crippen LogP contribution < -0.4 is 14.8 Å². The Labute approximate surface area is 152 Å². The van der Waals surface area contributed by atoms with Crippen LogP contribution in [0, 0.1) is 5.82 Å². The summed E-state index contributed by atoms with van der Waals surface area (Å²) in [5.74, 6) is 1.14. The Kier molecular flexibility index (Phi) is 5.73. The summed E-state index contributed by atoms with van der Waals surface area (Å²) in [6, 6.07) is 11.6. The van der Waals surface area contributed by atoms with Crippen LogP contribution in [-0.4, -0.2) is 37.1 Å². The van der Waals surface area contributed by atoms with Crippen LogP contribution >= 0.6 is 0 Å². The van der Waals surface area contributed by atoms with E-state index in [2.05, 4.69) is 5.32 Å². The Balaban J connectivity index is 1.54. The van der Waals surface area contributed by atoms with Crippen molar-refractivity contribution in [3.8, 4) is 11.5 Å². The molecule has 2 aromatic carbocycles. The Bertz CT molecular complexity index is 764. The van der Waals surface area contributed by atoms with Gasteiger partial charge >= 0.3 is 0 Å². The highest BCUT2D eigenvalue weighted by molar-refractivity contribution is 5.81. The Morgan fingerprint density at radius 2 is 1.77 bits per heavy atom. The molecular weight excluding hydrogens is 335 g/mol. The first-order chi connectivity index (χ1) is 12.5. The SMILES string of the molecule is C[C@@H](C(=O)NCc1ccc(F)cc1)N(C)Cc1ccc2c(c1)OCCO2. The van der Waals surface area contributed by atoms with Gasteiger partial charge in [-0.3, -0.25) is 9.69 Å². The molecule has 0 aliphatic carbocycles. The topological polar surface area (TPSA) is 50.8 Å². The first-order valence-corrected chi connectivity index (χ1v) is 8.64. The molecule has 26 heavy (non-hydrogen) atoms. The average molecular weight is 358 g/mol. The molecule has 3 rings (SSSR count). The van der Waals surface area contributed by atoms with Gasteiger partial charge in [-0.25, -0.2) is 4.39 Å². The number of nitrogens with one attached hydrogen (secondary N) is 1. The van der Waals surface area contributed by atoms with Crippen LogP contribution in [0.4, 0.5) is 4.39 Å². The lowest BCUT2D eigenvalue weighted by Crippen LogP contribution is -2.42. The number of fused-ring (bicyclic) bond motifs is 1. The van der Waals surface area contributed by atoms with Crippen molar-refractivity contribution in [2.45, 2.75) is 26.1 Å². The molecule has 0 bridgehead atoms. The van der Waals surface area contributed by atoms with E-state index in [4.69, 9.17) is 9.47 Å². The molecule has 0 fully saturated rings. The Morgan fingerprint density at radius 1 is 1.12 bits per heavy atom. The number of benzene rings is 2. The quantitative estimate of drug-likeness (QED) is 0.863. The van der Waals surface area contributed by atoms with E-state index in [0.29, 0.717) is 26.3 Å². The lowest BCUT2D eigenvalue weighted by Gasteiger charge is -2.25. The smallest absolute Gasteiger partial charge is 0.237 e. The molecule has 2 aromatic rings. The van der Waals surface area contributed by atoms with Crippen molar-refractivity contribution in [2.24, 2.45) is 0 Å². The van der Waals surface area contributed by atoms with Crippen molar-refractivity contribution < 1.29 is 18.7 Å². The summed E-state index contributed by atoms with van der Waals surface area (Å²) in [4.78, 5) is 14.3. The van der Waals surface area contributed by atoms with E-state index < -0.39 is 0 Å². The van der Waals surface area contributed by atoms with Gasteiger partial charge in [0.1, 0.15) is 19.0 Å². The van der Waals surface area contributed by atoms with Gasteiger partial charge in [-0.1, -0.05) is 18.2 Å². The molecule has 1 N–H and O–H groups in total. The monoisotopic (exact) mass is 358 g/mol. The van der Waals surface area contributed by atoms with Gasteiger partial charge in [-0.05, 0) is 49.4 Å². The molecule has 5 nitrogen and oxygen atoms in total. The third kappa shape index (κ3) is 4.52. The maximum atomic E-state index is 12.9. The molecular formula is C20H23FN2O3. The minimum atomic E-state index is -0.302. The van der Waals surface area contributed by atoms with Gasteiger partial charge in [0.15, 0.2) is 11.5 Å². The van der Waals surface area contributed by atoms with Crippen molar-refractivity contribution in [3.05, 3.63) is 59.4 Å². The number of likely N-dealkylation sites (N-methyl/N-ethyl adjacent to an activating group) is 1.